The molecule has 0 heterocycles. The smallest absolute Gasteiger partial charge is 0.307 e. The van der Waals surface area contributed by atoms with Crippen molar-refractivity contribution in [1.82, 2.24) is 0 Å². The lowest BCUT2D eigenvalue weighted by Gasteiger charge is -2.18. The van der Waals surface area contributed by atoms with Gasteiger partial charge in [-0.2, -0.15) is 25.3 Å². The number of carbonyl (C=O) groups excluding carboxylic acids is 1. The SMILES string of the molecule is CCCC(CCC(C)S)OC(=O)CC(C)S. The van der Waals surface area contributed by atoms with Crippen LogP contribution in [0.5, 0.6) is 0 Å². The molecule has 0 aromatic rings. The number of ether oxygens (including phenoxy) is 1. The zero-order valence-electron chi connectivity index (χ0n) is 10.5. The Labute approximate surface area is 110 Å². The summed E-state index contributed by atoms with van der Waals surface area (Å²) in [5.41, 5.74) is 0. The summed E-state index contributed by atoms with van der Waals surface area (Å²) >= 11 is 8.52. The first-order chi connectivity index (χ1) is 7.45. The van der Waals surface area contributed by atoms with Gasteiger partial charge in [0.1, 0.15) is 6.10 Å². The average Bonchev–Trinajstić information content (AvgIpc) is 2.13. The highest BCUT2D eigenvalue weighted by molar-refractivity contribution is 7.81. The van der Waals surface area contributed by atoms with Crippen LogP contribution in [0.2, 0.25) is 0 Å². The summed E-state index contributed by atoms with van der Waals surface area (Å²) in [5.74, 6) is -0.132. The first-order valence-corrected chi connectivity index (χ1v) is 7.04. The van der Waals surface area contributed by atoms with E-state index < -0.39 is 0 Å². The lowest BCUT2D eigenvalue weighted by molar-refractivity contribution is -0.149. The van der Waals surface area contributed by atoms with Crippen LogP contribution in [-0.4, -0.2) is 22.6 Å². The van der Waals surface area contributed by atoms with Crippen LogP contribution in [0.3, 0.4) is 0 Å². The number of hydrogen-bond acceptors (Lipinski definition) is 4. The largest absolute Gasteiger partial charge is 0.462 e. The van der Waals surface area contributed by atoms with E-state index >= 15 is 0 Å². The highest BCUT2D eigenvalue weighted by Gasteiger charge is 2.15. The van der Waals surface area contributed by atoms with Crippen LogP contribution in [0.1, 0.15) is 52.9 Å². The maximum atomic E-state index is 11.5. The third kappa shape index (κ3) is 9.40. The summed E-state index contributed by atoms with van der Waals surface area (Å²) in [7, 11) is 0. The molecule has 0 N–H and O–H groups in total. The van der Waals surface area contributed by atoms with Crippen molar-refractivity contribution in [2.75, 3.05) is 0 Å². The first kappa shape index (κ1) is 16.2. The summed E-state index contributed by atoms with van der Waals surface area (Å²) in [6.07, 6.45) is 4.31. The van der Waals surface area contributed by atoms with Crippen LogP contribution in [0.15, 0.2) is 0 Å². The van der Waals surface area contributed by atoms with E-state index in [1.165, 1.54) is 0 Å². The van der Waals surface area contributed by atoms with E-state index in [0.29, 0.717) is 11.7 Å². The monoisotopic (exact) mass is 264 g/mol. The molecule has 16 heavy (non-hydrogen) atoms. The fraction of sp³-hybridized carbons (Fsp3) is 0.917. The Kier molecular flexibility index (Phi) is 9.32. The fourth-order valence-electron chi connectivity index (χ4n) is 1.49. The van der Waals surface area contributed by atoms with E-state index in [1.807, 2.05) is 6.92 Å². The predicted molar refractivity (Wildman–Crippen MR) is 75.5 cm³/mol. The average molecular weight is 264 g/mol. The van der Waals surface area contributed by atoms with Crippen LogP contribution in [0.4, 0.5) is 0 Å². The molecule has 0 rings (SSSR count). The molecular formula is C12H24O2S2. The molecule has 4 heteroatoms. The number of hydrogen-bond donors (Lipinski definition) is 2. The summed E-state index contributed by atoms with van der Waals surface area (Å²) in [6.45, 7) is 6.06. The second-order valence-electron chi connectivity index (χ2n) is 4.38. The van der Waals surface area contributed by atoms with Crippen molar-refractivity contribution in [2.45, 2.75) is 69.5 Å². The molecule has 0 saturated carbocycles. The molecule has 0 bridgehead atoms. The Balaban J connectivity index is 3.96. The number of carbonyl (C=O) groups is 1. The maximum absolute atomic E-state index is 11.5. The van der Waals surface area contributed by atoms with Crippen LogP contribution in [0.25, 0.3) is 0 Å². The van der Waals surface area contributed by atoms with Gasteiger partial charge in [-0.05, 0) is 24.5 Å². The van der Waals surface area contributed by atoms with Gasteiger partial charge in [0.05, 0.1) is 6.42 Å². The molecule has 96 valence electrons. The molecule has 0 amide bonds. The molecule has 0 aromatic heterocycles. The maximum Gasteiger partial charge on any atom is 0.307 e. The van der Waals surface area contributed by atoms with Gasteiger partial charge in [0.15, 0.2) is 0 Å². The van der Waals surface area contributed by atoms with E-state index in [-0.39, 0.29) is 17.3 Å². The van der Waals surface area contributed by atoms with Gasteiger partial charge in [-0.1, -0.05) is 27.2 Å². The van der Waals surface area contributed by atoms with Gasteiger partial charge in [-0.25, -0.2) is 0 Å². The molecule has 2 nitrogen and oxygen atoms in total. The molecule has 3 unspecified atom stereocenters. The topological polar surface area (TPSA) is 26.3 Å². The van der Waals surface area contributed by atoms with Crippen molar-refractivity contribution in [2.24, 2.45) is 0 Å². The van der Waals surface area contributed by atoms with Crippen LogP contribution < -0.4 is 0 Å². The van der Waals surface area contributed by atoms with E-state index in [1.54, 1.807) is 0 Å². The standard InChI is InChI=1S/C12H24O2S2/c1-4-5-11(7-6-9(2)15)14-12(13)8-10(3)16/h9-11,15-16H,4-8H2,1-3H3. The minimum absolute atomic E-state index is 0.0548. The van der Waals surface area contributed by atoms with Gasteiger partial charge >= 0.3 is 5.97 Å². The van der Waals surface area contributed by atoms with Crippen molar-refractivity contribution in [1.29, 1.82) is 0 Å². The Morgan fingerprint density at radius 2 is 1.75 bits per heavy atom. The van der Waals surface area contributed by atoms with Crippen molar-refractivity contribution < 1.29 is 9.53 Å². The molecule has 0 fully saturated rings. The molecule has 0 aliphatic heterocycles. The third-order valence-corrected chi connectivity index (χ3v) is 2.72. The van der Waals surface area contributed by atoms with Crippen molar-refractivity contribution in [3.05, 3.63) is 0 Å². The minimum Gasteiger partial charge on any atom is -0.462 e. The minimum atomic E-state index is -0.132. The number of rotatable bonds is 8. The Morgan fingerprint density at radius 3 is 2.19 bits per heavy atom. The summed E-state index contributed by atoms with van der Waals surface area (Å²) in [6, 6.07) is 0. The molecule has 0 radical (unpaired) electrons. The molecule has 0 aromatic carbocycles. The second kappa shape index (κ2) is 9.23. The van der Waals surface area contributed by atoms with E-state index in [9.17, 15) is 4.79 Å². The first-order valence-electron chi connectivity index (χ1n) is 6.01. The molecule has 0 spiro atoms. The predicted octanol–water partition coefficient (Wildman–Crippen LogP) is 3.51. The van der Waals surface area contributed by atoms with Crippen molar-refractivity contribution >= 4 is 31.2 Å². The lowest BCUT2D eigenvalue weighted by atomic mass is 10.1. The fourth-order valence-corrected chi connectivity index (χ4v) is 1.78. The van der Waals surface area contributed by atoms with Gasteiger partial charge in [0.2, 0.25) is 0 Å². The van der Waals surface area contributed by atoms with Gasteiger partial charge in [0.25, 0.3) is 0 Å². The van der Waals surface area contributed by atoms with Crippen LogP contribution >= 0.6 is 25.3 Å². The number of thiol groups is 2. The molecule has 0 aliphatic carbocycles. The van der Waals surface area contributed by atoms with Crippen molar-refractivity contribution in [3.63, 3.8) is 0 Å². The second-order valence-corrected chi connectivity index (χ2v) is 6.14. The van der Waals surface area contributed by atoms with E-state index in [4.69, 9.17) is 4.74 Å². The number of esters is 1. The quantitative estimate of drug-likeness (QED) is 0.518. The van der Waals surface area contributed by atoms with E-state index in [0.717, 1.165) is 25.7 Å². The van der Waals surface area contributed by atoms with Gasteiger partial charge in [-0.3, -0.25) is 4.79 Å². The highest BCUT2D eigenvalue weighted by Crippen LogP contribution is 2.15. The molecule has 0 saturated heterocycles. The molecular weight excluding hydrogens is 240 g/mol. The normalized spacial score (nSPS) is 16.6. The zero-order chi connectivity index (χ0) is 12.6. The highest BCUT2D eigenvalue weighted by atomic mass is 32.1. The van der Waals surface area contributed by atoms with Gasteiger partial charge in [-0.15, -0.1) is 0 Å². The summed E-state index contributed by atoms with van der Waals surface area (Å²) < 4.78 is 5.43. The molecule has 0 aliphatic rings. The van der Waals surface area contributed by atoms with Crippen LogP contribution in [0, 0.1) is 0 Å². The Bertz CT molecular complexity index is 193. The van der Waals surface area contributed by atoms with Crippen molar-refractivity contribution in [3.8, 4) is 0 Å². The summed E-state index contributed by atoms with van der Waals surface area (Å²) in [4.78, 5) is 11.5. The third-order valence-electron chi connectivity index (χ3n) is 2.28. The molecule has 3 atom stereocenters. The van der Waals surface area contributed by atoms with Gasteiger partial charge < -0.3 is 4.74 Å². The zero-order valence-corrected chi connectivity index (χ0v) is 12.3. The lowest BCUT2D eigenvalue weighted by Crippen LogP contribution is -2.20. The Morgan fingerprint density at radius 1 is 1.12 bits per heavy atom. The Hall–Kier alpha value is 0.170. The van der Waals surface area contributed by atoms with Gasteiger partial charge in [0, 0.05) is 5.25 Å². The summed E-state index contributed by atoms with van der Waals surface area (Å²) in [5, 5.41) is 0.431. The van der Waals surface area contributed by atoms with E-state index in [2.05, 4.69) is 39.1 Å². The van der Waals surface area contributed by atoms with Crippen LogP contribution in [-0.2, 0) is 9.53 Å².